The smallest absolute Gasteiger partial charge is 0.127 e. The molecule has 1 N–H and O–H groups in total. The summed E-state index contributed by atoms with van der Waals surface area (Å²) < 4.78 is 5.90. The van der Waals surface area contributed by atoms with Crippen molar-refractivity contribution >= 4 is 47.9 Å². The molecule has 0 saturated heterocycles. The third kappa shape index (κ3) is 6.77. The topological polar surface area (TPSA) is 54.2 Å². The number of fused-ring (bicyclic) bond motifs is 1. The average Bonchev–Trinajstić information content (AvgIpc) is 2.84. The second-order valence-electron chi connectivity index (χ2n) is 9.49. The van der Waals surface area contributed by atoms with Gasteiger partial charge in [0.05, 0.1) is 22.9 Å². The first kappa shape index (κ1) is 24.2. The molecule has 2 aromatic carbocycles. The molecule has 0 spiro atoms. The highest BCUT2D eigenvalue weighted by Gasteiger charge is 2.34. The van der Waals surface area contributed by atoms with Gasteiger partial charge >= 0.3 is 0 Å². The van der Waals surface area contributed by atoms with Crippen LogP contribution in [0.1, 0.15) is 25.0 Å². The molecule has 1 atom stereocenters. The van der Waals surface area contributed by atoms with Crippen LogP contribution >= 0.6 is 23.4 Å². The second kappa shape index (κ2) is 10.0. The van der Waals surface area contributed by atoms with Gasteiger partial charge in [-0.1, -0.05) is 73.3 Å². The van der Waals surface area contributed by atoms with Crippen molar-refractivity contribution in [2.24, 2.45) is 9.98 Å². The number of thioether (sulfide) groups is 1. The summed E-state index contributed by atoms with van der Waals surface area (Å²) in [6.07, 6.45) is 0. The lowest BCUT2D eigenvalue weighted by molar-refractivity contribution is 0.0745. The van der Waals surface area contributed by atoms with Crippen molar-refractivity contribution in [2.45, 2.75) is 51.2 Å². The SMILES string of the molecule is CC(C)(O)C1N=C(c2ccccc2)c2cc(Cl)ccc2N=C1SCOCC[Si](C)(C)C. The van der Waals surface area contributed by atoms with E-state index in [0.717, 1.165) is 40.2 Å². The minimum absolute atomic E-state index is 0.481. The molecule has 0 bridgehead atoms. The van der Waals surface area contributed by atoms with Gasteiger partial charge in [-0.2, -0.15) is 0 Å². The van der Waals surface area contributed by atoms with Crippen molar-refractivity contribution in [1.82, 2.24) is 0 Å². The third-order valence-electron chi connectivity index (χ3n) is 4.94. The van der Waals surface area contributed by atoms with Gasteiger partial charge in [-0.05, 0) is 38.1 Å². The average molecular weight is 475 g/mol. The van der Waals surface area contributed by atoms with Gasteiger partial charge in [0.15, 0.2) is 0 Å². The molecule has 0 aromatic heterocycles. The summed E-state index contributed by atoms with van der Waals surface area (Å²) in [6.45, 7) is 11.3. The molecule has 1 heterocycles. The van der Waals surface area contributed by atoms with Crippen LogP contribution in [-0.2, 0) is 4.74 Å². The maximum absolute atomic E-state index is 11.0. The fourth-order valence-corrected chi connectivity index (χ4v) is 5.08. The van der Waals surface area contributed by atoms with E-state index in [1.165, 1.54) is 11.8 Å². The van der Waals surface area contributed by atoms with Crippen LogP contribution in [0.15, 0.2) is 58.5 Å². The van der Waals surface area contributed by atoms with Crippen LogP contribution < -0.4 is 0 Å². The first-order valence-electron chi connectivity index (χ1n) is 10.5. The Bertz CT molecular complexity index is 966. The highest BCUT2D eigenvalue weighted by molar-refractivity contribution is 8.14. The van der Waals surface area contributed by atoms with Crippen molar-refractivity contribution < 1.29 is 9.84 Å². The van der Waals surface area contributed by atoms with Crippen molar-refractivity contribution in [3.05, 3.63) is 64.7 Å². The Morgan fingerprint density at radius 1 is 1.13 bits per heavy atom. The Morgan fingerprint density at radius 2 is 1.84 bits per heavy atom. The van der Waals surface area contributed by atoms with Crippen LogP contribution in [0.2, 0.25) is 30.7 Å². The monoisotopic (exact) mass is 474 g/mol. The lowest BCUT2D eigenvalue weighted by atomic mass is 9.98. The number of ether oxygens (including phenoxy) is 1. The van der Waals surface area contributed by atoms with E-state index in [-0.39, 0.29) is 0 Å². The van der Waals surface area contributed by atoms with Gasteiger partial charge in [0.1, 0.15) is 11.1 Å². The van der Waals surface area contributed by atoms with Crippen LogP contribution in [0.25, 0.3) is 0 Å². The summed E-state index contributed by atoms with van der Waals surface area (Å²) >= 11 is 7.83. The maximum atomic E-state index is 11.0. The molecule has 7 heteroatoms. The first-order valence-corrected chi connectivity index (χ1v) is 15.6. The van der Waals surface area contributed by atoms with Crippen molar-refractivity contribution in [3.8, 4) is 0 Å². The number of hydrogen-bond acceptors (Lipinski definition) is 5. The molecule has 166 valence electrons. The third-order valence-corrected chi connectivity index (χ3v) is 7.77. The fraction of sp³-hybridized carbons (Fsp3) is 0.417. The van der Waals surface area contributed by atoms with Gasteiger partial charge in [-0.3, -0.25) is 4.99 Å². The lowest BCUT2D eigenvalue weighted by Gasteiger charge is -2.27. The Labute approximate surface area is 195 Å². The molecular weight excluding hydrogens is 444 g/mol. The summed E-state index contributed by atoms with van der Waals surface area (Å²) in [7, 11) is -1.14. The number of rotatable bonds is 7. The van der Waals surface area contributed by atoms with Crippen molar-refractivity contribution in [3.63, 3.8) is 0 Å². The Morgan fingerprint density at radius 3 is 2.48 bits per heavy atom. The summed E-state index contributed by atoms with van der Waals surface area (Å²) in [6, 6.07) is 16.2. The van der Waals surface area contributed by atoms with E-state index in [4.69, 9.17) is 26.3 Å². The van der Waals surface area contributed by atoms with E-state index in [9.17, 15) is 5.11 Å². The molecule has 1 unspecified atom stereocenters. The van der Waals surface area contributed by atoms with E-state index >= 15 is 0 Å². The minimum Gasteiger partial charge on any atom is -0.388 e. The van der Waals surface area contributed by atoms with E-state index in [1.54, 1.807) is 13.8 Å². The van der Waals surface area contributed by atoms with Gasteiger partial charge < -0.3 is 9.84 Å². The molecule has 1 aliphatic heterocycles. The molecule has 1 aliphatic rings. The quantitative estimate of drug-likeness (QED) is 0.286. The molecular formula is C24H31ClN2O2SSi. The van der Waals surface area contributed by atoms with Crippen LogP contribution in [0, 0.1) is 0 Å². The number of nitrogens with zero attached hydrogens (tertiary/aromatic N) is 2. The summed E-state index contributed by atoms with van der Waals surface area (Å²) in [5.74, 6) is 0.481. The van der Waals surface area contributed by atoms with Gasteiger partial charge in [0, 0.05) is 30.8 Å². The van der Waals surface area contributed by atoms with Crippen LogP contribution in [0.3, 0.4) is 0 Å². The van der Waals surface area contributed by atoms with E-state index in [1.807, 2.05) is 48.5 Å². The summed E-state index contributed by atoms with van der Waals surface area (Å²) in [5.41, 5.74) is 2.32. The number of halogens is 1. The zero-order valence-electron chi connectivity index (χ0n) is 18.9. The molecule has 2 aromatic rings. The largest absolute Gasteiger partial charge is 0.388 e. The van der Waals surface area contributed by atoms with E-state index < -0.39 is 19.7 Å². The molecule has 0 aliphatic carbocycles. The predicted molar refractivity (Wildman–Crippen MR) is 137 cm³/mol. The Hall–Kier alpha value is -1.44. The molecule has 4 nitrogen and oxygen atoms in total. The Kier molecular flexibility index (Phi) is 7.81. The highest BCUT2D eigenvalue weighted by Crippen LogP contribution is 2.34. The van der Waals surface area contributed by atoms with Gasteiger partial charge in [-0.15, -0.1) is 0 Å². The second-order valence-corrected chi connectivity index (χ2v) is 16.5. The van der Waals surface area contributed by atoms with Crippen LogP contribution in [0.5, 0.6) is 0 Å². The van der Waals surface area contributed by atoms with Crippen LogP contribution in [-0.4, -0.2) is 48.1 Å². The molecule has 3 rings (SSSR count). The van der Waals surface area contributed by atoms with Crippen molar-refractivity contribution in [2.75, 3.05) is 12.5 Å². The van der Waals surface area contributed by atoms with E-state index in [0.29, 0.717) is 11.0 Å². The van der Waals surface area contributed by atoms with Crippen LogP contribution in [0.4, 0.5) is 5.69 Å². The van der Waals surface area contributed by atoms with Gasteiger partial charge in [0.2, 0.25) is 0 Å². The Balaban J connectivity index is 1.97. The number of aliphatic hydroxyl groups is 1. The fourth-order valence-electron chi connectivity index (χ4n) is 3.17. The number of benzene rings is 2. The molecule has 0 saturated carbocycles. The highest BCUT2D eigenvalue weighted by atomic mass is 35.5. The van der Waals surface area contributed by atoms with Crippen molar-refractivity contribution in [1.29, 1.82) is 0 Å². The number of hydrogen-bond donors (Lipinski definition) is 1. The van der Waals surface area contributed by atoms with E-state index in [2.05, 4.69) is 19.6 Å². The lowest BCUT2D eigenvalue weighted by Crippen LogP contribution is -2.40. The van der Waals surface area contributed by atoms with Gasteiger partial charge in [-0.25, -0.2) is 4.99 Å². The zero-order valence-corrected chi connectivity index (χ0v) is 21.4. The first-order chi connectivity index (χ1) is 14.5. The summed E-state index contributed by atoms with van der Waals surface area (Å²) in [5, 5.41) is 12.4. The molecule has 0 amide bonds. The number of aliphatic imine (C=N–C) groups is 2. The molecule has 31 heavy (non-hydrogen) atoms. The predicted octanol–water partition coefficient (Wildman–Crippen LogP) is 6.41. The van der Waals surface area contributed by atoms with Gasteiger partial charge in [0.25, 0.3) is 0 Å². The summed E-state index contributed by atoms with van der Waals surface area (Å²) in [4.78, 5) is 9.95. The normalized spacial score (nSPS) is 16.9. The maximum Gasteiger partial charge on any atom is 0.127 e. The minimum atomic E-state index is -1.14. The zero-order chi connectivity index (χ0) is 22.6. The molecule has 0 radical (unpaired) electrons. The standard InChI is InChI=1S/C24H31ClN2O2SSi/c1-24(2,28)22-23(30-16-29-13-14-31(3,4)5)26-20-12-11-18(25)15-19(20)21(27-22)17-9-7-6-8-10-17/h6-12,15,22,28H,13-14,16H2,1-5H3. The molecule has 0 fully saturated rings.